The lowest BCUT2D eigenvalue weighted by Crippen LogP contribution is -2.41. The molecule has 1 N–H and O–H groups in total. The minimum atomic E-state index is -1.02. The fourth-order valence-corrected chi connectivity index (χ4v) is 1.77. The summed E-state index contributed by atoms with van der Waals surface area (Å²) in [4.78, 5) is 23.0. The Kier molecular flexibility index (Phi) is 5.84. The highest BCUT2D eigenvalue weighted by Crippen LogP contribution is 2.22. The van der Waals surface area contributed by atoms with Crippen LogP contribution in [0.25, 0.3) is 0 Å². The van der Waals surface area contributed by atoms with Crippen LogP contribution in [0.2, 0.25) is 0 Å². The number of methoxy groups -OCH3 is 1. The van der Waals surface area contributed by atoms with Gasteiger partial charge in [0.05, 0.1) is 6.04 Å². The van der Waals surface area contributed by atoms with E-state index >= 15 is 0 Å². The molecule has 21 heavy (non-hydrogen) atoms. The zero-order valence-corrected chi connectivity index (χ0v) is 12.6. The zero-order valence-electron chi connectivity index (χ0n) is 12.6. The van der Waals surface area contributed by atoms with Gasteiger partial charge in [0.1, 0.15) is 17.5 Å². The Morgan fingerprint density at radius 3 is 2.43 bits per heavy atom. The monoisotopic (exact) mass is 297 g/mol. The predicted octanol–water partition coefficient (Wildman–Crippen LogP) is 2.61. The van der Waals surface area contributed by atoms with Crippen LogP contribution in [0.3, 0.4) is 0 Å². The molecule has 0 saturated carbocycles. The van der Waals surface area contributed by atoms with E-state index in [1.807, 2.05) is 0 Å². The molecule has 0 aliphatic heterocycles. The Morgan fingerprint density at radius 1 is 1.33 bits per heavy atom. The van der Waals surface area contributed by atoms with Gasteiger partial charge < -0.3 is 19.6 Å². The molecule has 0 aliphatic carbocycles. The molecule has 1 amide bonds. The van der Waals surface area contributed by atoms with E-state index in [0.717, 1.165) is 0 Å². The maximum absolute atomic E-state index is 13.9. The number of carbonyl (C=O) groups excluding carboxylic acids is 2. The number of ether oxygens (including phenoxy) is 2. The highest BCUT2D eigenvalue weighted by Gasteiger charge is 2.29. The van der Waals surface area contributed by atoms with Gasteiger partial charge >= 0.3 is 6.09 Å². The summed E-state index contributed by atoms with van der Waals surface area (Å²) in [6, 6.07) is 4.89. The van der Waals surface area contributed by atoms with Crippen LogP contribution in [0, 0.1) is 5.82 Å². The zero-order chi connectivity index (χ0) is 16.0. The van der Waals surface area contributed by atoms with Crippen LogP contribution in [0.1, 0.15) is 32.4 Å². The minimum absolute atomic E-state index is 0.155. The van der Waals surface area contributed by atoms with Gasteiger partial charge in [-0.2, -0.15) is 0 Å². The highest BCUT2D eigenvalue weighted by atomic mass is 19.1. The number of alkyl carbamates (subject to hydrolysis) is 1. The lowest BCUT2D eigenvalue weighted by atomic mass is 10.0. The fourth-order valence-electron chi connectivity index (χ4n) is 1.77. The van der Waals surface area contributed by atoms with Gasteiger partial charge in [0, 0.05) is 12.7 Å². The van der Waals surface area contributed by atoms with Crippen LogP contribution in [0.5, 0.6) is 0 Å². The average Bonchev–Trinajstić information content (AvgIpc) is 2.37. The molecule has 0 fully saturated rings. The van der Waals surface area contributed by atoms with E-state index in [-0.39, 0.29) is 5.56 Å². The average molecular weight is 297 g/mol. The largest absolute Gasteiger partial charge is 0.444 e. The lowest BCUT2D eigenvalue weighted by molar-refractivity contribution is -0.118. The molecular formula is C15H20FNO4. The van der Waals surface area contributed by atoms with Crippen molar-refractivity contribution in [3.05, 3.63) is 35.6 Å². The molecule has 0 aliphatic rings. The van der Waals surface area contributed by atoms with Gasteiger partial charge in [-0.1, -0.05) is 18.2 Å². The van der Waals surface area contributed by atoms with E-state index in [1.54, 1.807) is 26.8 Å². The molecule has 0 spiro atoms. The molecule has 0 heterocycles. The first kappa shape index (κ1) is 17.1. The van der Waals surface area contributed by atoms with Crippen molar-refractivity contribution >= 4 is 12.4 Å². The Hall–Kier alpha value is -1.95. The molecule has 2 unspecified atom stereocenters. The fraction of sp³-hybridized carbons (Fsp3) is 0.467. The summed E-state index contributed by atoms with van der Waals surface area (Å²) in [5.74, 6) is -0.539. The summed E-state index contributed by atoms with van der Waals surface area (Å²) in [5.41, 5.74) is -0.546. The number of aldehydes is 1. The number of halogens is 1. The number of hydrogen-bond acceptors (Lipinski definition) is 4. The summed E-state index contributed by atoms with van der Waals surface area (Å²) in [6.45, 7) is 5.12. The van der Waals surface area contributed by atoms with Gasteiger partial charge in [0.25, 0.3) is 0 Å². The van der Waals surface area contributed by atoms with Crippen molar-refractivity contribution in [2.24, 2.45) is 0 Å². The third kappa shape index (κ3) is 5.15. The Labute approximate surface area is 123 Å². The second kappa shape index (κ2) is 7.17. The van der Waals surface area contributed by atoms with E-state index in [9.17, 15) is 14.0 Å². The van der Waals surface area contributed by atoms with Crippen molar-refractivity contribution < 1.29 is 23.5 Å². The van der Waals surface area contributed by atoms with Crippen LogP contribution in [0.4, 0.5) is 9.18 Å². The van der Waals surface area contributed by atoms with Crippen molar-refractivity contribution in [3.8, 4) is 0 Å². The Bertz CT molecular complexity index is 499. The van der Waals surface area contributed by atoms with Crippen LogP contribution in [-0.2, 0) is 14.3 Å². The smallest absolute Gasteiger partial charge is 0.408 e. The van der Waals surface area contributed by atoms with Crippen LogP contribution < -0.4 is 5.32 Å². The highest BCUT2D eigenvalue weighted by molar-refractivity contribution is 5.70. The molecule has 0 bridgehead atoms. The van der Waals surface area contributed by atoms with Crippen LogP contribution in [0.15, 0.2) is 24.3 Å². The van der Waals surface area contributed by atoms with Crippen molar-refractivity contribution in [1.82, 2.24) is 5.32 Å². The maximum Gasteiger partial charge on any atom is 0.408 e. The molecule has 1 aromatic rings. The Morgan fingerprint density at radius 2 is 1.95 bits per heavy atom. The van der Waals surface area contributed by atoms with Crippen molar-refractivity contribution in [2.75, 3.05) is 7.11 Å². The standard InChI is InChI=1S/C15H20FNO4/c1-15(2,3)21-14(19)17-13(12(9-18)20-4)10-7-5-6-8-11(10)16/h5-9,12-13H,1-4H3,(H,17,19). The van der Waals surface area contributed by atoms with E-state index in [0.29, 0.717) is 6.29 Å². The molecule has 5 nitrogen and oxygen atoms in total. The predicted molar refractivity (Wildman–Crippen MR) is 75.4 cm³/mol. The van der Waals surface area contributed by atoms with Gasteiger partial charge in [0.2, 0.25) is 0 Å². The quantitative estimate of drug-likeness (QED) is 0.848. The second-order valence-electron chi connectivity index (χ2n) is 5.48. The number of nitrogens with one attached hydrogen (secondary N) is 1. The van der Waals surface area contributed by atoms with E-state index < -0.39 is 29.7 Å². The van der Waals surface area contributed by atoms with Crippen LogP contribution >= 0.6 is 0 Å². The molecule has 116 valence electrons. The molecule has 2 atom stereocenters. The number of rotatable bonds is 5. The third-order valence-corrected chi connectivity index (χ3v) is 2.65. The molecular weight excluding hydrogens is 277 g/mol. The van der Waals surface area contributed by atoms with Crippen molar-refractivity contribution in [3.63, 3.8) is 0 Å². The summed E-state index contributed by atoms with van der Waals surface area (Å²) < 4.78 is 24.0. The number of amides is 1. The molecule has 0 aromatic heterocycles. The second-order valence-corrected chi connectivity index (χ2v) is 5.48. The maximum atomic E-state index is 13.9. The number of benzene rings is 1. The van der Waals surface area contributed by atoms with Crippen molar-refractivity contribution in [2.45, 2.75) is 38.5 Å². The first-order valence-corrected chi connectivity index (χ1v) is 6.50. The molecule has 6 heteroatoms. The normalized spacial score (nSPS) is 14.1. The molecule has 1 aromatic carbocycles. The van der Waals surface area contributed by atoms with Crippen LogP contribution in [-0.4, -0.2) is 31.2 Å². The number of hydrogen-bond donors (Lipinski definition) is 1. The molecule has 0 saturated heterocycles. The van der Waals surface area contributed by atoms with Gasteiger partial charge in [-0.3, -0.25) is 0 Å². The summed E-state index contributed by atoms with van der Waals surface area (Å²) in [6.07, 6.45) is -1.26. The van der Waals surface area contributed by atoms with E-state index in [1.165, 1.54) is 25.3 Å². The topological polar surface area (TPSA) is 64.6 Å². The summed E-state index contributed by atoms with van der Waals surface area (Å²) in [7, 11) is 1.31. The molecule has 1 rings (SSSR count). The number of carbonyl (C=O) groups is 2. The van der Waals surface area contributed by atoms with Gasteiger partial charge in [-0.25, -0.2) is 9.18 Å². The SMILES string of the molecule is COC(C=O)C(NC(=O)OC(C)(C)C)c1ccccc1F. The van der Waals surface area contributed by atoms with Crippen molar-refractivity contribution in [1.29, 1.82) is 0 Å². The molecule has 0 radical (unpaired) electrons. The van der Waals surface area contributed by atoms with Gasteiger partial charge in [-0.15, -0.1) is 0 Å². The summed E-state index contributed by atoms with van der Waals surface area (Å²) in [5, 5.41) is 2.48. The van der Waals surface area contributed by atoms with E-state index in [4.69, 9.17) is 9.47 Å². The lowest BCUT2D eigenvalue weighted by Gasteiger charge is -2.26. The summed E-state index contributed by atoms with van der Waals surface area (Å²) >= 11 is 0. The first-order chi connectivity index (χ1) is 9.78. The van der Waals surface area contributed by atoms with Gasteiger partial charge in [0.15, 0.2) is 6.29 Å². The van der Waals surface area contributed by atoms with E-state index in [2.05, 4.69) is 5.32 Å². The third-order valence-electron chi connectivity index (χ3n) is 2.65. The first-order valence-electron chi connectivity index (χ1n) is 6.50. The Balaban J connectivity index is 3.02. The van der Waals surface area contributed by atoms with Gasteiger partial charge in [-0.05, 0) is 26.8 Å². The minimum Gasteiger partial charge on any atom is -0.444 e.